The Balaban J connectivity index is 1.47. The van der Waals surface area contributed by atoms with E-state index < -0.39 is 35.8 Å². The zero-order chi connectivity index (χ0) is 28.4. The number of hydrogen-bond acceptors (Lipinski definition) is 5. The van der Waals surface area contributed by atoms with Crippen LogP contribution in [0, 0.1) is 11.6 Å². The standard InChI is InChI=1S/C29H29F2N5O4/c1-33-18-27(38)35-25(13-19-7-11-23(37)12-8-19)28(39)34(16-21-9-10-22(30)14-24(21)31)17-26(35)36(33)29(40)32-15-20-5-3-2-4-6-20/h2-12,14,25-26,37H,13,15-18H2,1H3,(H,32,40)/t25-,26?/m0/s1. The number of carbonyl (C=O) groups is 3. The van der Waals surface area contributed by atoms with Crippen LogP contribution in [-0.4, -0.2) is 75.1 Å². The van der Waals surface area contributed by atoms with Crippen molar-refractivity contribution in [2.75, 3.05) is 20.1 Å². The normalized spacial score (nSPS) is 19.5. The number of rotatable bonds is 6. The Morgan fingerprint density at radius 2 is 1.73 bits per heavy atom. The van der Waals surface area contributed by atoms with E-state index in [-0.39, 0.29) is 49.8 Å². The number of phenols is 1. The number of halogens is 2. The number of nitrogens with one attached hydrogen (secondary N) is 1. The van der Waals surface area contributed by atoms with Crippen LogP contribution in [-0.2, 0) is 29.1 Å². The third-order valence-corrected chi connectivity index (χ3v) is 7.18. The summed E-state index contributed by atoms with van der Waals surface area (Å²) < 4.78 is 28.1. The molecule has 2 heterocycles. The quantitative estimate of drug-likeness (QED) is 0.493. The molecule has 0 spiro atoms. The lowest BCUT2D eigenvalue weighted by Gasteiger charge is -2.54. The van der Waals surface area contributed by atoms with Crippen molar-refractivity contribution < 1.29 is 28.3 Å². The third-order valence-electron chi connectivity index (χ3n) is 7.18. The van der Waals surface area contributed by atoms with Gasteiger partial charge in [-0.25, -0.2) is 23.6 Å². The van der Waals surface area contributed by atoms with Crippen LogP contribution in [0.4, 0.5) is 13.6 Å². The Hall–Kier alpha value is -4.51. The molecule has 2 atom stereocenters. The van der Waals surface area contributed by atoms with Crippen molar-refractivity contribution in [3.63, 3.8) is 0 Å². The number of phenolic OH excluding ortho intramolecular Hbond substituents is 1. The summed E-state index contributed by atoms with van der Waals surface area (Å²) in [5.74, 6) is -2.22. The molecule has 2 aliphatic rings. The van der Waals surface area contributed by atoms with Gasteiger partial charge < -0.3 is 20.2 Å². The van der Waals surface area contributed by atoms with Gasteiger partial charge in [0.2, 0.25) is 11.8 Å². The Labute approximate surface area is 230 Å². The fourth-order valence-electron chi connectivity index (χ4n) is 5.21. The van der Waals surface area contributed by atoms with E-state index in [1.54, 1.807) is 19.2 Å². The minimum atomic E-state index is -0.988. The van der Waals surface area contributed by atoms with Gasteiger partial charge in [-0.2, -0.15) is 0 Å². The van der Waals surface area contributed by atoms with Crippen molar-refractivity contribution in [3.05, 3.63) is 101 Å². The summed E-state index contributed by atoms with van der Waals surface area (Å²) in [7, 11) is 1.62. The van der Waals surface area contributed by atoms with E-state index in [4.69, 9.17) is 0 Å². The average molecular weight is 550 g/mol. The molecule has 3 aromatic rings. The summed E-state index contributed by atoms with van der Waals surface area (Å²) in [5.41, 5.74) is 1.69. The zero-order valence-electron chi connectivity index (χ0n) is 21.8. The van der Waals surface area contributed by atoms with E-state index in [1.807, 2.05) is 30.3 Å². The largest absolute Gasteiger partial charge is 0.508 e. The van der Waals surface area contributed by atoms with Crippen LogP contribution in [0.5, 0.6) is 5.75 Å². The highest BCUT2D eigenvalue weighted by atomic mass is 19.1. The lowest BCUT2D eigenvalue weighted by molar-refractivity contribution is -0.187. The van der Waals surface area contributed by atoms with Crippen LogP contribution in [0.2, 0.25) is 0 Å². The Kier molecular flexibility index (Phi) is 7.65. The molecule has 208 valence electrons. The number of likely N-dealkylation sites (N-methyl/N-ethyl adjacent to an activating group) is 1. The van der Waals surface area contributed by atoms with E-state index in [2.05, 4.69) is 5.32 Å². The number of benzene rings is 3. The smallest absolute Gasteiger partial charge is 0.334 e. The molecular weight excluding hydrogens is 520 g/mol. The summed E-state index contributed by atoms with van der Waals surface area (Å²) in [6.07, 6.45) is -0.752. The lowest BCUT2D eigenvalue weighted by atomic mass is 9.98. The maximum atomic E-state index is 14.6. The summed E-state index contributed by atoms with van der Waals surface area (Å²) in [5, 5.41) is 15.5. The number of aromatic hydroxyl groups is 1. The molecule has 11 heteroatoms. The van der Waals surface area contributed by atoms with Crippen molar-refractivity contribution in [3.8, 4) is 5.75 Å². The molecule has 0 saturated carbocycles. The van der Waals surface area contributed by atoms with Gasteiger partial charge >= 0.3 is 6.03 Å². The molecule has 5 rings (SSSR count). The minimum Gasteiger partial charge on any atom is -0.508 e. The SMILES string of the molecule is CN1CC(=O)N2C(CN(Cc3ccc(F)cc3F)C(=O)[C@@H]2Cc2ccc(O)cc2)N1C(=O)NCc1ccccc1. The molecule has 0 aromatic heterocycles. The lowest BCUT2D eigenvalue weighted by Crippen LogP contribution is -2.76. The van der Waals surface area contributed by atoms with Crippen molar-refractivity contribution in [1.29, 1.82) is 0 Å². The van der Waals surface area contributed by atoms with Gasteiger partial charge in [0, 0.05) is 38.2 Å². The van der Waals surface area contributed by atoms with Gasteiger partial charge in [0.1, 0.15) is 29.6 Å². The first-order valence-corrected chi connectivity index (χ1v) is 12.8. The molecule has 2 aliphatic heterocycles. The second-order valence-electron chi connectivity index (χ2n) is 9.93. The van der Waals surface area contributed by atoms with Gasteiger partial charge in [0.15, 0.2) is 0 Å². The van der Waals surface area contributed by atoms with Gasteiger partial charge in [-0.1, -0.05) is 48.5 Å². The molecule has 0 aliphatic carbocycles. The first-order valence-electron chi connectivity index (χ1n) is 12.8. The second kappa shape index (κ2) is 11.3. The van der Waals surface area contributed by atoms with Crippen molar-refractivity contribution in [1.82, 2.24) is 25.1 Å². The van der Waals surface area contributed by atoms with Crippen LogP contribution >= 0.6 is 0 Å². The number of piperazine rings is 1. The van der Waals surface area contributed by atoms with Gasteiger partial charge in [0.05, 0.1) is 13.1 Å². The van der Waals surface area contributed by atoms with Crippen molar-refractivity contribution >= 4 is 17.8 Å². The number of nitrogens with zero attached hydrogens (tertiary/aromatic N) is 4. The fourth-order valence-corrected chi connectivity index (χ4v) is 5.21. The maximum absolute atomic E-state index is 14.6. The molecule has 1 unspecified atom stereocenters. The highest BCUT2D eigenvalue weighted by Gasteiger charge is 2.50. The highest BCUT2D eigenvalue weighted by molar-refractivity contribution is 5.91. The second-order valence-corrected chi connectivity index (χ2v) is 9.93. The monoisotopic (exact) mass is 549 g/mol. The number of carbonyl (C=O) groups excluding carboxylic acids is 3. The minimum absolute atomic E-state index is 0.0574. The summed E-state index contributed by atoms with van der Waals surface area (Å²) >= 11 is 0. The molecule has 2 N–H and O–H groups in total. The van der Waals surface area contributed by atoms with Gasteiger partial charge in [-0.05, 0) is 29.3 Å². The summed E-state index contributed by atoms with van der Waals surface area (Å²) in [4.78, 5) is 43.5. The Bertz CT molecular complexity index is 1410. The van der Waals surface area contributed by atoms with Crippen molar-refractivity contribution in [2.45, 2.75) is 31.7 Å². The van der Waals surface area contributed by atoms with Crippen LogP contribution < -0.4 is 5.32 Å². The molecule has 2 fully saturated rings. The maximum Gasteiger partial charge on any atom is 0.334 e. The van der Waals surface area contributed by atoms with Crippen LogP contribution in [0.1, 0.15) is 16.7 Å². The van der Waals surface area contributed by atoms with Gasteiger partial charge in [-0.15, -0.1) is 0 Å². The van der Waals surface area contributed by atoms with E-state index in [0.29, 0.717) is 5.56 Å². The number of amides is 4. The van der Waals surface area contributed by atoms with Crippen molar-refractivity contribution in [2.24, 2.45) is 0 Å². The van der Waals surface area contributed by atoms with E-state index in [1.165, 1.54) is 38.0 Å². The third kappa shape index (κ3) is 5.59. The first kappa shape index (κ1) is 27.1. The predicted octanol–water partition coefficient (Wildman–Crippen LogP) is 2.85. The number of urea groups is 1. The molecule has 40 heavy (non-hydrogen) atoms. The number of hydrogen-bond donors (Lipinski definition) is 2. The first-order chi connectivity index (χ1) is 19.2. The van der Waals surface area contributed by atoms with Crippen LogP contribution in [0.3, 0.4) is 0 Å². The summed E-state index contributed by atoms with van der Waals surface area (Å²) in [6, 6.07) is 17.3. The fraction of sp³-hybridized carbons (Fsp3) is 0.276. The molecule has 2 saturated heterocycles. The van der Waals surface area contributed by atoms with Crippen LogP contribution in [0.15, 0.2) is 72.8 Å². The number of hydrazine groups is 1. The molecule has 3 aromatic carbocycles. The average Bonchev–Trinajstić information content (AvgIpc) is 2.92. The van der Waals surface area contributed by atoms with Gasteiger partial charge in [-0.3, -0.25) is 9.59 Å². The molecule has 0 bridgehead atoms. The van der Waals surface area contributed by atoms with Gasteiger partial charge in [0.25, 0.3) is 0 Å². The number of fused-ring (bicyclic) bond motifs is 1. The van der Waals surface area contributed by atoms with E-state index in [9.17, 15) is 28.3 Å². The Morgan fingerprint density at radius 3 is 2.42 bits per heavy atom. The topological polar surface area (TPSA) is 96.4 Å². The molecule has 0 radical (unpaired) electrons. The predicted molar refractivity (Wildman–Crippen MR) is 141 cm³/mol. The Morgan fingerprint density at radius 1 is 1.00 bits per heavy atom. The summed E-state index contributed by atoms with van der Waals surface area (Å²) in [6.45, 7) is -0.110. The van der Waals surface area contributed by atoms with E-state index >= 15 is 0 Å². The highest BCUT2D eigenvalue weighted by Crippen LogP contribution is 2.29. The molecule has 9 nitrogen and oxygen atoms in total. The molecule has 4 amide bonds. The zero-order valence-corrected chi connectivity index (χ0v) is 21.8. The molecular formula is C29H29F2N5O4. The van der Waals surface area contributed by atoms with Crippen LogP contribution in [0.25, 0.3) is 0 Å². The van der Waals surface area contributed by atoms with E-state index in [0.717, 1.165) is 17.7 Å².